The molecule has 84 valence electrons. The minimum Gasteiger partial charge on any atom is -0.382 e. The maximum Gasteiger partial charge on any atom is 0.165 e. The SMILES string of the molecule is CC1CC(n2cnc3c(N)ncnc32)CO1. The van der Waals surface area contributed by atoms with E-state index in [0.717, 1.165) is 12.1 Å². The second kappa shape index (κ2) is 3.41. The number of nitrogens with two attached hydrogens (primary N) is 1. The molecule has 0 aromatic carbocycles. The fourth-order valence-electron chi connectivity index (χ4n) is 2.13. The first kappa shape index (κ1) is 9.53. The van der Waals surface area contributed by atoms with E-state index in [-0.39, 0.29) is 0 Å². The number of hydrogen-bond donors (Lipinski definition) is 1. The van der Waals surface area contributed by atoms with Crippen molar-refractivity contribution in [3.63, 3.8) is 0 Å². The molecule has 2 unspecified atom stereocenters. The van der Waals surface area contributed by atoms with E-state index in [2.05, 4.69) is 21.9 Å². The van der Waals surface area contributed by atoms with E-state index in [9.17, 15) is 0 Å². The molecule has 0 bridgehead atoms. The summed E-state index contributed by atoms with van der Waals surface area (Å²) in [7, 11) is 0. The van der Waals surface area contributed by atoms with Gasteiger partial charge < -0.3 is 15.0 Å². The van der Waals surface area contributed by atoms with Crippen molar-refractivity contribution in [2.75, 3.05) is 12.3 Å². The first-order valence-electron chi connectivity index (χ1n) is 5.30. The van der Waals surface area contributed by atoms with Gasteiger partial charge in [0.1, 0.15) is 11.8 Å². The largest absolute Gasteiger partial charge is 0.382 e. The van der Waals surface area contributed by atoms with Gasteiger partial charge in [0.05, 0.1) is 25.1 Å². The second-order valence-electron chi connectivity index (χ2n) is 4.12. The molecule has 3 rings (SSSR count). The summed E-state index contributed by atoms with van der Waals surface area (Å²) in [6, 6.07) is 0.300. The van der Waals surface area contributed by atoms with E-state index in [1.165, 1.54) is 6.33 Å². The van der Waals surface area contributed by atoms with Crippen LogP contribution in [0.2, 0.25) is 0 Å². The third-order valence-corrected chi connectivity index (χ3v) is 2.96. The van der Waals surface area contributed by atoms with Crippen LogP contribution in [0.25, 0.3) is 11.2 Å². The summed E-state index contributed by atoms with van der Waals surface area (Å²) in [6.07, 6.45) is 4.51. The molecule has 3 heterocycles. The summed E-state index contributed by atoms with van der Waals surface area (Å²) in [5, 5.41) is 0. The zero-order valence-corrected chi connectivity index (χ0v) is 9.00. The second-order valence-corrected chi connectivity index (χ2v) is 4.12. The van der Waals surface area contributed by atoms with Gasteiger partial charge in [-0.1, -0.05) is 0 Å². The van der Waals surface area contributed by atoms with Crippen molar-refractivity contribution in [3.05, 3.63) is 12.7 Å². The molecule has 2 aromatic heterocycles. The predicted octanol–water partition coefficient (Wildman–Crippen LogP) is 0.758. The van der Waals surface area contributed by atoms with Crippen LogP contribution in [0.3, 0.4) is 0 Å². The Kier molecular flexibility index (Phi) is 2.03. The van der Waals surface area contributed by atoms with E-state index in [4.69, 9.17) is 10.5 Å². The lowest BCUT2D eigenvalue weighted by Gasteiger charge is -2.09. The summed E-state index contributed by atoms with van der Waals surface area (Å²) >= 11 is 0. The smallest absolute Gasteiger partial charge is 0.165 e. The van der Waals surface area contributed by atoms with Gasteiger partial charge in [-0.3, -0.25) is 0 Å². The molecular formula is C10H13N5O. The number of imidazole rings is 1. The van der Waals surface area contributed by atoms with Gasteiger partial charge >= 0.3 is 0 Å². The van der Waals surface area contributed by atoms with Gasteiger partial charge in [-0.05, 0) is 13.3 Å². The van der Waals surface area contributed by atoms with E-state index >= 15 is 0 Å². The van der Waals surface area contributed by atoms with E-state index < -0.39 is 0 Å². The maximum atomic E-state index is 5.74. The standard InChI is InChI=1S/C10H13N5O/c1-6-2-7(3-16-6)15-5-14-8-9(11)12-4-13-10(8)15/h4-7H,2-3H2,1H3,(H2,11,12,13). The van der Waals surface area contributed by atoms with Gasteiger partial charge in [-0.2, -0.15) is 0 Å². The molecule has 1 saturated heterocycles. The highest BCUT2D eigenvalue weighted by Crippen LogP contribution is 2.27. The Morgan fingerprint density at radius 3 is 3.06 bits per heavy atom. The van der Waals surface area contributed by atoms with Gasteiger partial charge in [0.2, 0.25) is 0 Å². The number of ether oxygens (including phenoxy) is 1. The molecule has 6 nitrogen and oxygen atoms in total. The number of anilines is 1. The summed E-state index contributed by atoms with van der Waals surface area (Å²) in [4.78, 5) is 12.4. The third kappa shape index (κ3) is 1.34. The van der Waals surface area contributed by atoms with Crippen LogP contribution >= 0.6 is 0 Å². The van der Waals surface area contributed by atoms with Crippen molar-refractivity contribution in [3.8, 4) is 0 Å². The molecule has 1 aliphatic heterocycles. The minimum atomic E-state index is 0.293. The Bertz CT molecular complexity index is 523. The summed E-state index contributed by atoms with van der Waals surface area (Å²) in [6.45, 7) is 2.78. The number of nitrogens with zero attached hydrogens (tertiary/aromatic N) is 4. The molecule has 6 heteroatoms. The first-order chi connectivity index (χ1) is 7.75. The van der Waals surface area contributed by atoms with Crippen molar-refractivity contribution in [1.82, 2.24) is 19.5 Å². The molecule has 0 radical (unpaired) electrons. The molecule has 1 fully saturated rings. The molecule has 0 amide bonds. The Hall–Kier alpha value is -1.69. The van der Waals surface area contributed by atoms with Gasteiger partial charge in [-0.15, -0.1) is 0 Å². The van der Waals surface area contributed by atoms with E-state index in [1.54, 1.807) is 6.33 Å². The number of aromatic nitrogens is 4. The molecule has 16 heavy (non-hydrogen) atoms. The van der Waals surface area contributed by atoms with E-state index in [0.29, 0.717) is 30.1 Å². The fraction of sp³-hybridized carbons (Fsp3) is 0.500. The van der Waals surface area contributed by atoms with Crippen LogP contribution in [0, 0.1) is 0 Å². The molecular weight excluding hydrogens is 206 g/mol. The fourth-order valence-corrected chi connectivity index (χ4v) is 2.13. The summed E-state index contributed by atoms with van der Waals surface area (Å²) in [5.74, 6) is 0.427. The average molecular weight is 219 g/mol. The zero-order valence-electron chi connectivity index (χ0n) is 9.00. The lowest BCUT2D eigenvalue weighted by atomic mass is 10.2. The number of fused-ring (bicyclic) bond motifs is 1. The minimum absolute atomic E-state index is 0.293. The van der Waals surface area contributed by atoms with Crippen molar-refractivity contribution < 1.29 is 4.74 Å². The van der Waals surface area contributed by atoms with Gasteiger partial charge in [-0.25, -0.2) is 15.0 Å². The Balaban J connectivity index is 2.08. The zero-order chi connectivity index (χ0) is 11.1. The van der Waals surface area contributed by atoms with Crippen LogP contribution in [0.15, 0.2) is 12.7 Å². The summed E-state index contributed by atoms with van der Waals surface area (Å²) in [5.41, 5.74) is 7.19. The summed E-state index contributed by atoms with van der Waals surface area (Å²) < 4.78 is 7.57. The number of hydrogen-bond acceptors (Lipinski definition) is 5. The third-order valence-electron chi connectivity index (χ3n) is 2.96. The molecule has 0 aliphatic carbocycles. The average Bonchev–Trinajstić information content (AvgIpc) is 2.84. The molecule has 2 atom stereocenters. The van der Waals surface area contributed by atoms with Crippen LogP contribution in [0.4, 0.5) is 5.82 Å². The topological polar surface area (TPSA) is 78.9 Å². The van der Waals surface area contributed by atoms with Crippen molar-refractivity contribution >= 4 is 17.0 Å². The molecule has 0 saturated carbocycles. The normalized spacial score (nSPS) is 25.3. The van der Waals surface area contributed by atoms with Gasteiger partial charge in [0.15, 0.2) is 11.5 Å². The molecule has 2 N–H and O–H groups in total. The molecule has 0 spiro atoms. The lowest BCUT2D eigenvalue weighted by molar-refractivity contribution is 0.120. The lowest BCUT2D eigenvalue weighted by Crippen LogP contribution is -2.08. The number of nitrogen functional groups attached to an aromatic ring is 1. The maximum absolute atomic E-state index is 5.74. The van der Waals surface area contributed by atoms with Crippen LogP contribution < -0.4 is 5.73 Å². The predicted molar refractivity (Wildman–Crippen MR) is 58.8 cm³/mol. The molecule has 1 aliphatic rings. The Morgan fingerprint density at radius 1 is 1.44 bits per heavy atom. The molecule has 2 aromatic rings. The highest BCUT2D eigenvalue weighted by Gasteiger charge is 2.25. The Morgan fingerprint density at radius 2 is 2.31 bits per heavy atom. The van der Waals surface area contributed by atoms with E-state index in [1.807, 2.05) is 4.57 Å². The first-order valence-corrected chi connectivity index (χ1v) is 5.30. The number of rotatable bonds is 1. The van der Waals surface area contributed by atoms with Crippen molar-refractivity contribution in [2.45, 2.75) is 25.5 Å². The van der Waals surface area contributed by atoms with Crippen molar-refractivity contribution in [2.24, 2.45) is 0 Å². The van der Waals surface area contributed by atoms with Crippen LogP contribution in [0.5, 0.6) is 0 Å². The van der Waals surface area contributed by atoms with Gasteiger partial charge in [0.25, 0.3) is 0 Å². The van der Waals surface area contributed by atoms with Crippen LogP contribution in [-0.4, -0.2) is 32.2 Å². The van der Waals surface area contributed by atoms with Crippen molar-refractivity contribution in [1.29, 1.82) is 0 Å². The van der Waals surface area contributed by atoms with Gasteiger partial charge in [0, 0.05) is 0 Å². The van der Waals surface area contributed by atoms with Crippen LogP contribution in [-0.2, 0) is 4.74 Å². The Labute approximate surface area is 92.5 Å². The highest BCUT2D eigenvalue weighted by molar-refractivity contribution is 5.81. The quantitative estimate of drug-likeness (QED) is 0.766. The highest BCUT2D eigenvalue weighted by atomic mass is 16.5. The monoisotopic (exact) mass is 219 g/mol. The van der Waals surface area contributed by atoms with Crippen LogP contribution in [0.1, 0.15) is 19.4 Å².